The summed E-state index contributed by atoms with van der Waals surface area (Å²) in [5.74, 6) is -0.662. The lowest BCUT2D eigenvalue weighted by Gasteiger charge is -2.32. The van der Waals surface area contributed by atoms with Crippen molar-refractivity contribution in [2.45, 2.75) is 24.8 Å². The average Bonchev–Trinajstić information content (AvgIpc) is 2.75. The number of anilines is 1. The molecule has 0 saturated heterocycles. The molecule has 166 valence electrons. The van der Waals surface area contributed by atoms with Crippen LogP contribution in [0, 0.1) is 5.41 Å². The number of thioether (sulfide) groups is 1. The van der Waals surface area contributed by atoms with Gasteiger partial charge in [-0.1, -0.05) is 38.1 Å². The number of hydrogen-bond acceptors (Lipinski definition) is 6. The molecule has 31 heavy (non-hydrogen) atoms. The van der Waals surface area contributed by atoms with Crippen molar-refractivity contribution in [1.29, 1.82) is 0 Å². The lowest BCUT2D eigenvalue weighted by atomic mass is 9.81. The maximum atomic E-state index is 12.7. The second-order valence-electron chi connectivity index (χ2n) is 7.24. The highest BCUT2D eigenvalue weighted by Gasteiger charge is 2.34. The van der Waals surface area contributed by atoms with Crippen LogP contribution in [-0.4, -0.2) is 41.7 Å². The third-order valence-electron chi connectivity index (χ3n) is 4.44. The summed E-state index contributed by atoms with van der Waals surface area (Å²) in [7, 11) is 0. The lowest BCUT2D eigenvalue weighted by molar-refractivity contribution is -0.131. The number of aliphatic hydroxyl groups is 1. The summed E-state index contributed by atoms with van der Waals surface area (Å²) in [6.45, 7) is 3.43. The van der Waals surface area contributed by atoms with Gasteiger partial charge in [-0.15, -0.1) is 11.8 Å². The number of nitrogens with one attached hydrogen (secondary N) is 1. The van der Waals surface area contributed by atoms with Gasteiger partial charge in [-0.2, -0.15) is 0 Å². The van der Waals surface area contributed by atoms with Crippen LogP contribution < -0.4 is 10.1 Å². The van der Waals surface area contributed by atoms with Crippen molar-refractivity contribution in [1.82, 2.24) is 0 Å². The number of carbonyl (C=O) groups excluding carboxylic acids is 1. The molecule has 0 bridgehead atoms. The van der Waals surface area contributed by atoms with Crippen LogP contribution in [0.2, 0.25) is 0 Å². The van der Waals surface area contributed by atoms with E-state index in [0.29, 0.717) is 17.0 Å². The smallest absolute Gasteiger partial charge is 0.412 e. The number of rotatable bonds is 10. The maximum absolute atomic E-state index is 12.7. The van der Waals surface area contributed by atoms with E-state index in [9.17, 15) is 9.59 Å². The van der Waals surface area contributed by atoms with Crippen LogP contribution >= 0.6 is 11.8 Å². The number of aliphatic carboxylic acids is 1. The molecule has 0 fully saturated rings. The fraction of sp³-hybridized carbons (Fsp3) is 0.304. The minimum Gasteiger partial charge on any atom is -0.491 e. The molecule has 2 rings (SSSR count). The Hall–Kier alpha value is -2.97. The van der Waals surface area contributed by atoms with Crippen LogP contribution in [0.3, 0.4) is 0 Å². The van der Waals surface area contributed by atoms with Gasteiger partial charge in [0.25, 0.3) is 0 Å². The summed E-state index contributed by atoms with van der Waals surface area (Å²) >= 11 is 1.59. The van der Waals surface area contributed by atoms with Crippen molar-refractivity contribution < 1.29 is 29.3 Å². The Kier molecular flexibility index (Phi) is 8.96. The molecule has 8 heteroatoms. The molecular weight excluding hydrogens is 418 g/mol. The molecule has 0 heterocycles. The topological polar surface area (TPSA) is 105 Å². The predicted octanol–water partition coefficient (Wildman–Crippen LogP) is 4.74. The SMILES string of the molecule is CSc1ccc(NC(=O)O[C@H](c2ccccc2OCCO)C(C)(C)/C=C/C(=O)O)cc1. The van der Waals surface area contributed by atoms with Gasteiger partial charge in [-0.25, -0.2) is 9.59 Å². The van der Waals surface area contributed by atoms with Gasteiger partial charge < -0.3 is 19.7 Å². The summed E-state index contributed by atoms with van der Waals surface area (Å²) < 4.78 is 11.4. The first-order chi connectivity index (χ1) is 14.8. The Morgan fingerprint density at radius 3 is 2.45 bits per heavy atom. The van der Waals surface area contributed by atoms with Crippen molar-refractivity contribution in [3.63, 3.8) is 0 Å². The van der Waals surface area contributed by atoms with E-state index in [-0.39, 0.29) is 13.2 Å². The molecule has 0 unspecified atom stereocenters. The summed E-state index contributed by atoms with van der Waals surface area (Å²) in [5.41, 5.74) is 0.256. The van der Waals surface area contributed by atoms with Gasteiger partial charge >= 0.3 is 12.1 Å². The van der Waals surface area contributed by atoms with Crippen molar-refractivity contribution in [2.24, 2.45) is 5.41 Å². The highest BCUT2D eigenvalue weighted by atomic mass is 32.2. The Bertz CT molecular complexity index is 911. The second kappa shape index (κ2) is 11.4. The quantitative estimate of drug-likeness (QED) is 0.358. The van der Waals surface area contributed by atoms with Gasteiger partial charge in [-0.05, 0) is 36.6 Å². The summed E-state index contributed by atoms with van der Waals surface area (Å²) in [5, 5.41) is 20.9. The molecule has 0 radical (unpaired) electrons. The van der Waals surface area contributed by atoms with E-state index in [0.717, 1.165) is 11.0 Å². The number of carboxylic acids is 1. The molecular formula is C23H27NO6S. The number of amides is 1. The summed E-state index contributed by atoms with van der Waals surface area (Å²) in [6, 6.07) is 14.3. The van der Waals surface area contributed by atoms with E-state index in [1.54, 1.807) is 62.0 Å². The monoisotopic (exact) mass is 445 g/mol. The first-order valence-electron chi connectivity index (χ1n) is 9.63. The molecule has 0 aromatic heterocycles. The lowest BCUT2D eigenvalue weighted by Crippen LogP contribution is -2.28. The number of para-hydroxylation sites is 1. The molecule has 0 spiro atoms. The van der Waals surface area contributed by atoms with Crippen LogP contribution in [0.1, 0.15) is 25.5 Å². The third-order valence-corrected chi connectivity index (χ3v) is 5.19. The van der Waals surface area contributed by atoms with Gasteiger partial charge in [0, 0.05) is 27.6 Å². The number of hydrogen-bond donors (Lipinski definition) is 3. The molecule has 2 aromatic carbocycles. The Morgan fingerprint density at radius 1 is 1.16 bits per heavy atom. The van der Waals surface area contributed by atoms with Crippen molar-refractivity contribution >= 4 is 29.5 Å². The number of benzene rings is 2. The van der Waals surface area contributed by atoms with Crippen LogP contribution in [0.15, 0.2) is 65.6 Å². The molecule has 0 aliphatic rings. The predicted molar refractivity (Wildman–Crippen MR) is 121 cm³/mol. The van der Waals surface area contributed by atoms with E-state index in [2.05, 4.69) is 5.32 Å². The van der Waals surface area contributed by atoms with Gasteiger partial charge in [0.2, 0.25) is 0 Å². The van der Waals surface area contributed by atoms with Gasteiger partial charge in [-0.3, -0.25) is 5.32 Å². The number of aliphatic hydroxyl groups excluding tert-OH is 1. The van der Waals surface area contributed by atoms with E-state index in [1.165, 1.54) is 6.08 Å². The molecule has 0 aliphatic carbocycles. The largest absolute Gasteiger partial charge is 0.491 e. The molecule has 2 aromatic rings. The minimum absolute atomic E-state index is 0.0725. The molecule has 1 atom stereocenters. The minimum atomic E-state index is -1.10. The Morgan fingerprint density at radius 2 is 1.84 bits per heavy atom. The van der Waals surface area contributed by atoms with Gasteiger partial charge in [0.05, 0.1) is 6.61 Å². The Labute approximate surface area is 186 Å². The number of carbonyl (C=O) groups is 2. The summed E-state index contributed by atoms with van der Waals surface area (Å²) in [6.07, 6.45) is 2.92. The fourth-order valence-electron chi connectivity index (χ4n) is 2.90. The molecule has 3 N–H and O–H groups in total. The first kappa shape index (κ1) is 24.3. The van der Waals surface area contributed by atoms with Crippen LogP contribution in [-0.2, 0) is 9.53 Å². The zero-order valence-electron chi connectivity index (χ0n) is 17.7. The van der Waals surface area contributed by atoms with Crippen molar-refractivity contribution in [2.75, 3.05) is 24.8 Å². The van der Waals surface area contributed by atoms with E-state index in [4.69, 9.17) is 19.7 Å². The highest BCUT2D eigenvalue weighted by Crippen LogP contribution is 2.42. The van der Waals surface area contributed by atoms with Crippen LogP contribution in [0.4, 0.5) is 10.5 Å². The second-order valence-corrected chi connectivity index (χ2v) is 8.12. The van der Waals surface area contributed by atoms with Gasteiger partial charge in [0.1, 0.15) is 18.5 Å². The van der Waals surface area contributed by atoms with Gasteiger partial charge in [0.15, 0.2) is 0 Å². The maximum Gasteiger partial charge on any atom is 0.412 e. The normalized spacial score (nSPS) is 12.4. The van der Waals surface area contributed by atoms with Crippen molar-refractivity contribution in [3.8, 4) is 5.75 Å². The first-order valence-corrected chi connectivity index (χ1v) is 10.9. The van der Waals surface area contributed by atoms with Crippen LogP contribution in [0.25, 0.3) is 0 Å². The molecule has 1 amide bonds. The molecule has 0 aliphatic heterocycles. The van der Waals surface area contributed by atoms with Crippen LogP contribution in [0.5, 0.6) is 5.75 Å². The average molecular weight is 446 g/mol. The zero-order valence-corrected chi connectivity index (χ0v) is 18.5. The molecule has 0 saturated carbocycles. The highest BCUT2D eigenvalue weighted by molar-refractivity contribution is 7.98. The zero-order chi connectivity index (χ0) is 22.9. The fourth-order valence-corrected chi connectivity index (χ4v) is 3.31. The standard InChI is InChI=1S/C23H27NO6S/c1-23(2,13-12-20(26)27)21(18-6-4-5-7-19(18)29-15-14-25)30-22(28)24-16-8-10-17(31-3)11-9-16/h4-13,21,25H,14-15H2,1-3H3,(H,24,28)(H,26,27)/b13-12+/t21-/m1/s1. The third kappa shape index (κ3) is 7.34. The number of ether oxygens (including phenoxy) is 2. The van der Waals surface area contributed by atoms with E-state index in [1.807, 2.05) is 18.4 Å². The van der Waals surface area contributed by atoms with Crippen molar-refractivity contribution in [3.05, 3.63) is 66.2 Å². The number of carboxylic acid groups (broad SMARTS) is 1. The Balaban J connectivity index is 2.33. The molecule has 7 nitrogen and oxygen atoms in total. The summed E-state index contributed by atoms with van der Waals surface area (Å²) in [4.78, 5) is 24.8. The van der Waals surface area contributed by atoms with E-state index >= 15 is 0 Å². The van der Waals surface area contributed by atoms with E-state index < -0.39 is 23.6 Å².